The number of hydrogen-bond acceptors (Lipinski definition) is 5. The van der Waals surface area contributed by atoms with Gasteiger partial charge in [0.1, 0.15) is 0 Å². The normalized spacial score (nSPS) is 39.2. The molecule has 1 aromatic rings. The van der Waals surface area contributed by atoms with Crippen LogP contribution in [-0.4, -0.2) is 70.3 Å². The minimum Gasteiger partial charge on any atom is -0.367 e. The number of rotatable bonds is 2. The second-order valence-electron chi connectivity index (χ2n) is 12.0. The topological polar surface area (TPSA) is 71.4 Å². The molecule has 0 spiro atoms. The predicted octanol–water partition coefficient (Wildman–Crippen LogP) is 4.23. The van der Waals surface area contributed by atoms with Crippen molar-refractivity contribution in [3.8, 4) is 0 Å². The van der Waals surface area contributed by atoms with E-state index in [0.717, 1.165) is 42.1 Å². The van der Waals surface area contributed by atoms with E-state index in [1.165, 1.54) is 57.8 Å². The fourth-order valence-corrected chi connectivity index (χ4v) is 8.65. The van der Waals surface area contributed by atoms with Crippen LogP contribution in [0.15, 0.2) is 29.3 Å². The van der Waals surface area contributed by atoms with E-state index in [9.17, 15) is 9.90 Å². The Balaban J connectivity index is 1.17. The zero-order chi connectivity index (χ0) is 23.5. The minimum atomic E-state index is -0.889. The number of nitrogens with zero attached hydrogens (tertiary/aromatic N) is 4. The van der Waals surface area contributed by atoms with Crippen molar-refractivity contribution in [2.24, 2.45) is 16.8 Å². The van der Waals surface area contributed by atoms with Crippen molar-refractivity contribution < 1.29 is 9.90 Å². The monoisotopic (exact) mass is 477 g/mol. The number of piperidine rings is 2. The van der Waals surface area contributed by atoms with Crippen molar-refractivity contribution in [2.75, 3.05) is 18.0 Å². The maximum Gasteiger partial charge on any atom is 0.323 e. The molecule has 7 nitrogen and oxygen atoms in total. The molecule has 0 radical (unpaired) electrons. The Morgan fingerprint density at radius 1 is 0.857 bits per heavy atom. The van der Waals surface area contributed by atoms with Gasteiger partial charge >= 0.3 is 6.03 Å². The number of para-hydroxylation sites is 2. The van der Waals surface area contributed by atoms with Crippen molar-refractivity contribution in [3.63, 3.8) is 0 Å². The van der Waals surface area contributed by atoms with E-state index in [4.69, 9.17) is 4.99 Å². The summed E-state index contributed by atoms with van der Waals surface area (Å²) in [7, 11) is 0. The van der Waals surface area contributed by atoms with Gasteiger partial charge in [-0.3, -0.25) is 9.80 Å². The first-order chi connectivity index (χ1) is 17.2. The van der Waals surface area contributed by atoms with Crippen LogP contribution in [0.2, 0.25) is 0 Å². The zero-order valence-electron chi connectivity index (χ0n) is 20.7. The van der Waals surface area contributed by atoms with Crippen LogP contribution in [0, 0.1) is 11.8 Å². The van der Waals surface area contributed by atoms with Gasteiger partial charge in [0.2, 0.25) is 0 Å². The number of carbonyl (C=O) groups excluding carboxylic acids is 1. The first kappa shape index (κ1) is 22.1. The number of amides is 2. The minimum absolute atomic E-state index is 0.156. The van der Waals surface area contributed by atoms with Crippen molar-refractivity contribution >= 4 is 23.2 Å². The van der Waals surface area contributed by atoms with Gasteiger partial charge in [0.15, 0.2) is 12.1 Å². The maximum absolute atomic E-state index is 12.5. The van der Waals surface area contributed by atoms with Crippen LogP contribution in [0.25, 0.3) is 0 Å². The summed E-state index contributed by atoms with van der Waals surface area (Å²) in [4.78, 5) is 24.1. The van der Waals surface area contributed by atoms with Crippen molar-refractivity contribution in [2.45, 2.75) is 101 Å². The van der Waals surface area contributed by atoms with E-state index in [1.807, 2.05) is 18.2 Å². The van der Waals surface area contributed by atoms with Gasteiger partial charge in [-0.1, -0.05) is 37.8 Å². The van der Waals surface area contributed by atoms with Gasteiger partial charge in [0, 0.05) is 37.3 Å². The lowest BCUT2D eigenvalue weighted by atomic mass is 9.68. The van der Waals surface area contributed by atoms with Crippen LogP contribution in [-0.2, 0) is 0 Å². The molecular formula is C28H39N5O2. The van der Waals surface area contributed by atoms with Gasteiger partial charge in [-0.2, -0.15) is 0 Å². The van der Waals surface area contributed by atoms with Crippen molar-refractivity contribution in [1.29, 1.82) is 0 Å². The summed E-state index contributed by atoms with van der Waals surface area (Å²) in [5, 5.41) is 14.5. The largest absolute Gasteiger partial charge is 0.367 e. The Morgan fingerprint density at radius 2 is 1.57 bits per heavy atom. The molecule has 3 saturated heterocycles. The summed E-state index contributed by atoms with van der Waals surface area (Å²) in [6.07, 6.45) is 13.8. The number of urea groups is 1. The standard InChI is InChI=1S/C28H39N5O2/c34-27-26(31-12-11-29-28(31)35)30-24-9-1-2-10-25(24)33(27)23-16-20-7-4-8-21(17-23)32(20)22-14-18-5-3-6-19(13-18)15-22/h1-2,9-10,18-23,27,34H,3-8,11-17H2,(H,29,35). The van der Waals surface area contributed by atoms with E-state index >= 15 is 0 Å². The zero-order valence-corrected chi connectivity index (χ0v) is 20.7. The number of nitrogens with one attached hydrogen (secondary N) is 1. The fourth-order valence-electron chi connectivity index (χ4n) is 8.65. The molecule has 2 N–H and O–H groups in total. The fraction of sp³-hybridized carbons (Fsp3) is 0.714. The number of anilines is 1. The molecule has 4 bridgehead atoms. The Bertz CT molecular complexity index is 987. The van der Waals surface area contributed by atoms with Crippen LogP contribution in [0.1, 0.15) is 70.6 Å². The molecule has 7 rings (SSSR count). The van der Waals surface area contributed by atoms with Gasteiger partial charge in [0.25, 0.3) is 0 Å². The molecule has 0 aromatic heterocycles. The first-order valence-electron chi connectivity index (χ1n) is 14.1. The second kappa shape index (κ2) is 8.77. The van der Waals surface area contributed by atoms with Gasteiger partial charge in [-0.15, -0.1) is 0 Å². The lowest BCUT2D eigenvalue weighted by Crippen LogP contribution is -2.64. The number of aliphatic hydroxyl groups excluding tert-OH is 1. The molecule has 2 amide bonds. The summed E-state index contributed by atoms with van der Waals surface area (Å²) in [6, 6.07) is 10.2. The average Bonchev–Trinajstić information content (AvgIpc) is 3.28. The smallest absolute Gasteiger partial charge is 0.323 e. The number of amidine groups is 1. The van der Waals surface area contributed by atoms with Gasteiger partial charge < -0.3 is 15.3 Å². The highest BCUT2D eigenvalue weighted by atomic mass is 16.3. The predicted molar refractivity (Wildman–Crippen MR) is 137 cm³/mol. The molecular weight excluding hydrogens is 438 g/mol. The number of aliphatic hydroxyl groups is 1. The van der Waals surface area contributed by atoms with Crippen molar-refractivity contribution in [1.82, 2.24) is 15.1 Å². The van der Waals surface area contributed by atoms with Crippen LogP contribution < -0.4 is 10.2 Å². The summed E-state index contributed by atoms with van der Waals surface area (Å²) >= 11 is 0. The Hall–Kier alpha value is -2.12. The highest BCUT2D eigenvalue weighted by molar-refractivity contribution is 6.05. The maximum atomic E-state index is 12.5. The summed E-state index contributed by atoms with van der Waals surface area (Å²) in [6.45, 7) is 1.15. The number of benzene rings is 1. The number of hydrogen-bond donors (Lipinski definition) is 2. The van der Waals surface area contributed by atoms with Crippen LogP contribution in [0.5, 0.6) is 0 Å². The van der Waals surface area contributed by atoms with Gasteiger partial charge in [-0.05, 0) is 68.9 Å². The second-order valence-corrected chi connectivity index (χ2v) is 12.0. The molecule has 7 heteroatoms. The number of fused-ring (bicyclic) bond motifs is 5. The molecule has 5 unspecified atom stereocenters. The molecule has 6 aliphatic rings. The van der Waals surface area contributed by atoms with E-state index in [-0.39, 0.29) is 12.1 Å². The number of aliphatic imine (C=N–C) groups is 1. The third-order valence-electron chi connectivity index (χ3n) is 9.95. The molecule has 1 aromatic carbocycles. The van der Waals surface area contributed by atoms with E-state index < -0.39 is 6.23 Å². The Kier molecular flexibility index (Phi) is 5.54. The quantitative estimate of drug-likeness (QED) is 0.669. The SMILES string of the molecule is O=C1NCCN1C1=Nc2ccccc2N(C2CC3CCCC(C2)N3C2CC3CCCC(C3)C2)C1O. The molecule has 5 fully saturated rings. The van der Waals surface area contributed by atoms with E-state index in [2.05, 4.69) is 21.2 Å². The molecule has 4 aliphatic heterocycles. The Labute approximate surface area is 208 Å². The van der Waals surface area contributed by atoms with E-state index in [1.54, 1.807) is 4.90 Å². The van der Waals surface area contributed by atoms with Crippen LogP contribution in [0.4, 0.5) is 16.2 Å². The lowest BCUT2D eigenvalue weighted by Gasteiger charge is -2.57. The highest BCUT2D eigenvalue weighted by Gasteiger charge is 2.48. The van der Waals surface area contributed by atoms with Gasteiger partial charge in [0.05, 0.1) is 11.4 Å². The van der Waals surface area contributed by atoms with Crippen molar-refractivity contribution in [3.05, 3.63) is 24.3 Å². The summed E-state index contributed by atoms with van der Waals surface area (Å²) in [5.41, 5.74) is 1.87. The summed E-state index contributed by atoms with van der Waals surface area (Å²) in [5.74, 6) is 2.38. The third-order valence-corrected chi connectivity index (χ3v) is 9.95. The highest BCUT2D eigenvalue weighted by Crippen LogP contribution is 2.47. The van der Waals surface area contributed by atoms with Crippen LogP contribution >= 0.6 is 0 Å². The summed E-state index contributed by atoms with van der Waals surface area (Å²) < 4.78 is 0. The third kappa shape index (κ3) is 3.77. The van der Waals surface area contributed by atoms with Gasteiger partial charge in [-0.25, -0.2) is 9.79 Å². The molecule has 4 heterocycles. The molecule has 2 saturated carbocycles. The molecule has 188 valence electrons. The van der Waals surface area contributed by atoms with Crippen LogP contribution in [0.3, 0.4) is 0 Å². The average molecular weight is 478 g/mol. The Morgan fingerprint density at radius 3 is 2.29 bits per heavy atom. The molecule has 2 aliphatic carbocycles. The van der Waals surface area contributed by atoms with E-state index in [0.29, 0.717) is 31.0 Å². The number of carbonyl (C=O) groups is 1. The lowest BCUT2D eigenvalue weighted by molar-refractivity contribution is -0.0432. The first-order valence-corrected chi connectivity index (χ1v) is 14.1. The molecule has 5 atom stereocenters. The molecule has 35 heavy (non-hydrogen) atoms.